The van der Waals surface area contributed by atoms with Gasteiger partial charge in [-0.25, -0.2) is 13.6 Å². The van der Waals surface area contributed by atoms with Crippen molar-refractivity contribution in [2.45, 2.75) is 12.8 Å². The molecule has 0 aliphatic carbocycles. The van der Waals surface area contributed by atoms with Crippen molar-refractivity contribution < 1.29 is 18.3 Å². The van der Waals surface area contributed by atoms with Crippen LogP contribution in [-0.4, -0.2) is 13.1 Å². The standard InChI is InChI=1S/C16H14F2O2/c1-10(13-7-14(17)9-15(18)8-13)11-3-5-12(6-4-11)16(19)20-2/h3-10H,1-2H3. The molecule has 2 rings (SSSR count). The predicted molar refractivity (Wildman–Crippen MR) is 71.7 cm³/mol. The van der Waals surface area contributed by atoms with Gasteiger partial charge in [0, 0.05) is 12.0 Å². The molecule has 0 heterocycles. The van der Waals surface area contributed by atoms with Crippen molar-refractivity contribution in [3.63, 3.8) is 0 Å². The highest BCUT2D eigenvalue weighted by atomic mass is 19.1. The number of hydrogen-bond acceptors (Lipinski definition) is 2. The summed E-state index contributed by atoms with van der Waals surface area (Å²) in [6, 6.07) is 10.2. The fourth-order valence-electron chi connectivity index (χ4n) is 2.04. The van der Waals surface area contributed by atoms with Crippen LogP contribution in [0, 0.1) is 11.6 Å². The van der Waals surface area contributed by atoms with Gasteiger partial charge in [-0.1, -0.05) is 19.1 Å². The normalized spacial score (nSPS) is 12.0. The van der Waals surface area contributed by atoms with Gasteiger partial charge in [-0.3, -0.25) is 0 Å². The Kier molecular flexibility index (Phi) is 4.13. The summed E-state index contributed by atoms with van der Waals surface area (Å²) in [4.78, 5) is 11.3. The topological polar surface area (TPSA) is 26.3 Å². The van der Waals surface area contributed by atoms with Crippen LogP contribution in [0.5, 0.6) is 0 Å². The van der Waals surface area contributed by atoms with Crippen molar-refractivity contribution in [2.75, 3.05) is 7.11 Å². The SMILES string of the molecule is COC(=O)c1ccc(C(C)c2cc(F)cc(F)c2)cc1. The van der Waals surface area contributed by atoms with E-state index in [1.807, 2.05) is 6.92 Å². The lowest BCUT2D eigenvalue weighted by Gasteiger charge is -2.13. The lowest BCUT2D eigenvalue weighted by molar-refractivity contribution is 0.0600. The van der Waals surface area contributed by atoms with Crippen LogP contribution >= 0.6 is 0 Å². The molecule has 0 bridgehead atoms. The second-order valence-corrected chi connectivity index (χ2v) is 4.54. The molecule has 1 atom stereocenters. The van der Waals surface area contributed by atoms with Crippen LogP contribution in [0.15, 0.2) is 42.5 Å². The molecule has 2 nitrogen and oxygen atoms in total. The van der Waals surface area contributed by atoms with E-state index in [-0.39, 0.29) is 5.92 Å². The number of rotatable bonds is 3. The summed E-state index contributed by atoms with van der Waals surface area (Å²) < 4.78 is 31.1. The summed E-state index contributed by atoms with van der Waals surface area (Å²) in [6.45, 7) is 1.85. The first-order chi connectivity index (χ1) is 9.51. The third-order valence-corrected chi connectivity index (χ3v) is 3.22. The van der Waals surface area contributed by atoms with Crippen LogP contribution < -0.4 is 0 Å². The van der Waals surface area contributed by atoms with E-state index in [4.69, 9.17) is 0 Å². The van der Waals surface area contributed by atoms with Crippen LogP contribution in [0.2, 0.25) is 0 Å². The van der Waals surface area contributed by atoms with Crippen molar-refractivity contribution in [1.29, 1.82) is 0 Å². The minimum Gasteiger partial charge on any atom is -0.465 e. The smallest absolute Gasteiger partial charge is 0.337 e. The van der Waals surface area contributed by atoms with Crippen molar-refractivity contribution in [3.05, 3.63) is 70.8 Å². The van der Waals surface area contributed by atoms with Gasteiger partial charge in [-0.2, -0.15) is 0 Å². The van der Waals surface area contributed by atoms with Crippen LogP contribution in [-0.2, 0) is 4.74 Å². The Morgan fingerprint density at radius 2 is 1.55 bits per heavy atom. The molecule has 0 radical (unpaired) electrons. The molecule has 0 saturated carbocycles. The van der Waals surface area contributed by atoms with E-state index in [0.29, 0.717) is 11.1 Å². The zero-order chi connectivity index (χ0) is 14.7. The number of esters is 1. The molecule has 1 unspecified atom stereocenters. The van der Waals surface area contributed by atoms with E-state index in [1.165, 1.54) is 19.2 Å². The van der Waals surface area contributed by atoms with Crippen LogP contribution in [0.4, 0.5) is 8.78 Å². The molecule has 0 N–H and O–H groups in total. The zero-order valence-electron chi connectivity index (χ0n) is 11.2. The van der Waals surface area contributed by atoms with Gasteiger partial charge in [-0.15, -0.1) is 0 Å². The Morgan fingerprint density at radius 1 is 1.00 bits per heavy atom. The Hall–Kier alpha value is -2.23. The van der Waals surface area contributed by atoms with E-state index >= 15 is 0 Å². The van der Waals surface area contributed by atoms with E-state index in [0.717, 1.165) is 11.6 Å². The fraction of sp³-hybridized carbons (Fsp3) is 0.188. The number of carbonyl (C=O) groups excluding carboxylic acids is 1. The third kappa shape index (κ3) is 3.02. The molecule has 0 aromatic heterocycles. The van der Waals surface area contributed by atoms with E-state index in [9.17, 15) is 13.6 Å². The Balaban J connectivity index is 2.28. The van der Waals surface area contributed by atoms with Gasteiger partial charge in [0.15, 0.2) is 0 Å². The number of benzene rings is 2. The Bertz CT molecular complexity index is 601. The molecule has 0 aliphatic heterocycles. The number of hydrogen-bond donors (Lipinski definition) is 0. The lowest BCUT2D eigenvalue weighted by atomic mass is 9.92. The van der Waals surface area contributed by atoms with Gasteiger partial charge in [0.05, 0.1) is 12.7 Å². The first-order valence-corrected chi connectivity index (χ1v) is 6.15. The first kappa shape index (κ1) is 14.2. The van der Waals surface area contributed by atoms with Gasteiger partial charge in [-0.05, 0) is 35.4 Å². The molecule has 2 aromatic rings. The molecule has 20 heavy (non-hydrogen) atoms. The fourth-order valence-corrected chi connectivity index (χ4v) is 2.04. The van der Waals surface area contributed by atoms with Crippen LogP contribution in [0.25, 0.3) is 0 Å². The summed E-state index contributed by atoms with van der Waals surface area (Å²) in [5.41, 5.74) is 1.85. The van der Waals surface area contributed by atoms with Gasteiger partial charge in [0.1, 0.15) is 11.6 Å². The summed E-state index contributed by atoms with van der Waals surface area (Å²) >= 11 is 0. The van der Waals surface area contributed by atoms with Gasteiger partial charge < -0.3 is 4.74 Å². The molecule has 0 spiro atoms. The molecule has 0 fully saturated rings. The summed E-state index contributed by atoms with van der Waals surface area (Å²) in [5, 5.41) is 0. The molecule has 2 aromatic carbocycles. The van der Waals surface area contributed by atoms with E-state index < -0.39 is 17.6 Å². The minimum absolute atomic E-state index is 0.174. The summed E-state index contributed by atoms with van der Waals surface area (Å²) in [5.74, 6) is -1.79. The third-order valence-electron chi connectivity index (χ3n) is 3.22. The summed E-state index contributed by atoms with van der Waals surface area (Å²) in [6.07, 6.45) is 0. The maximum absolute atomic E-state index is 13.2. The van der Waals surface area contributed by atoms with Crippen molar-refractivity contribution in [2.24, 2.45) is 0 Å². The second kappa shape index (κ2) is 5.82. The predicted octanol–water partition coefficient (Wildman–Crippen LogP) is 3.90. The quantitative estimate of drug-likeness (QED) is 0.795. The van der Waals surface area contributed by atoms with Crippen LogP contribution in [0.1, 0.15) is 34.3 Å². The lowest BCUT2D eigenvalue weighted by Crippen LogP contribution is -2.02. The average molecular weight is 276 g/mol. The largest absolute Gasteiger partial charge is 0.465 e. The minimum atomic E-state index is -0.599. The molecular formula is C16H14F2O2. The van der Waals surface area contributed by atoms with E-state index in [1.54, 1.807) is 24.3 Å². The number of halogens is 2. The maximum atomic E-state index is 13.2. The second-order valence-electron chi connectivity index (χ2n) is 4.54. The molecule has 104 valence electrons. The molecule has 0 saturated heterocycles. The number of ether oxygens (including phenoxy) is 1. The van der Waals surface area contributed by atoms with Crippen molar-refractivity contribution in [1.82, 2.24) is 0 Å². The van der Waals surface area contributed by atoms with Gasteiger partial charge in [0.25, 0.3) is 0 Å². The highest BCUT2D eigenvalue weighted by Gasteiger charge is 2.12. The molecule has 0 amide bonds. The summed E-state index contributed by atoms with van der Waals surface area (Å²) in [7, 11) is 1.31. The molecular weight excluding hydrogens is 262 g/mol. The Morgan fingerprint density at radius 3 is 2.05 bits per heavy atom. The van der Waals surface area contributed by atoms with Gasteiger partial charge in [0.2, 0.25) is 0 Å². The Labute approximate surface area is 116 Å². The van der Waals surface area contributed by atoms with Crippen molar-refractivity contribution >= 4 is 5.97 Å². The number of carbonyl (C=O) groups is 1. The monoisotopic (exact) mass is 276 g/mol. The first-order valence-electron chi connectivity index (χ1n) is 6.15. The average Bonchev–Trinajstić information content (AvgIpc) is 2.45. The highest BCUT2D eigenvalue weighted by Crippen LogP contribution is 2.25. The maximum Gasteiger partial charge on any atom is 0.337 e. The zero-order valence-corrected chi connectivity index (χ0v) is 11.2. The number of methoxy groups -OCH3 is 1. The highest BCUT2D eigenvalue weighted by molar-refractivity contribution is 5.89. The van der Waals surface area contributed by atoms with Gasteiger partial charge >= 0.3 is 5.97 Å². The van der Waals surface area contributed by atoms with Crippen LogP contribution in [0.3, 0.4) is 0 Å². The molecule has 4 heteroatoms. The van der Waals surface area contributed by atoms with E-state index in [2.05, 4.69) is 4.74 Å². The van der Waals surface area contributed by atoms with Crippen molar-refractivity contribution in [3.8, 4) is 0 Å². The molecule has 0 aliphatic rings.